The molecule has 1 saturated heterocycles. The molecule has 3 rings (SSSR count). The molecule has 0 bridgehead atoms. The van der Waals surface area contributed by atoms with Crippen LogP contribution in [0.15, 0.2) is 59.6 Å². The van der Waals surface area contributed by atoms with Crippen molar-refractivity contribution in [1.29, 1.82) is 0 Å². The van der Waals surface area contributed by atoms with Gasteiger partial charge in [0.1, 0.15) is 12.4 Å². The van der Waals surface area contributed by atoms with Crippen molar-refractivity contribution in [3.63, 3.8) is 0 Å². The van der Waals surface area contributed by atoms with Crippen molar-refractivity contribution in [3.05, 3.63) is 60.2 Å². The second-order valence-electron chi connectivity index (χ2n) is 6.55. The number of benzene rings is 2. The molecule has 0 spiro atoms. The van der Waals surface area contributed by atoms with Gasteiger partial charge in [-0.1, -0.05) is 30.3 Å². The molecule has 1 aliphatic heterocycles. The van der Waals surface area contributed by atoms with E-state index in [1.807, 2.05) is 30.3 Å². The van der Waals surface area contributed by atoms with Gasteiger partial charge >= 0.3 is 0 Å². The van der Waals surface area contributed by atoms with Gasteiger partial charge in [0.2, 0.25) is 0 Å². The van der Waals surface area contributed by atoms with Crippen LogP contribution in [0.2, 0.25) is 0 Å². The van der Waals surface area contributed by atoms with Crippen molar-refractivity contribution >= 4 is 35.6 Å². The number of nitrogens with one attached hydrogen (secondary N) is 2. The predicted octanol–water partition coefficient (Wildman–Crippen LogP) is 3.28. The van der Waals surface area contributed by atoms with E-state index in [1.165, 1.54) is 11.3 Å². The first-order valence-electron chi connectivity index (χ1n) is 9.97. The first-order chi connectivity index (χ1) is 13.8. The molecule has 0 amide bonds. The van der Waals surface area contributed by atoms with Crippen LogP contribution in [0.1, 0.15) is 12.5 Å². The summed E-state index contributed by atoms with van der Waals surface area (Å²) < 4.78 is 11.1. The highest BCUT2D eigenvalue weighted by Crippen LogP contribution is 2.17. The third-order valence-corrected chi connectivity index (χ3v) is 4.48. The van der Waals surface area contributed by atoms with Gasteiger partial charge in [-0.15, -0.1) is 24.0 Å². The monoisotopic (exact) mass is 510 g/mol. The van der Waals surface area contributed by atoms with Crippen molar-refractivity contribution in [2.24, 2.45) is 4.99 Å². The van der Waals surface area contributed by atoms with Crippen LogP contribution in [0, 0.1) is 0 Å². The van der Waals surface area contributed by atoms with Gasteiger partial charge in [-0.2, -0.15) is 0 Å². The Morgan fingerprint density at radius 2 is 1.76 bits per heavy atom. The zero-order valence-electron chi connectivity index (χ0n) is 17.0. The Morgan fingerprint density at radius 1 is 1.03 bits per heavy atom. The number of hydrogen-bond acceptors (Lipinski definition) is 4. The molecule has 1 heterocycles. The molecule has 0 radical (unpaired) electrons. The molecular formula is C22H31IN4O2. The molecule has 0 aliphatic carbocycles. The molecule has 1 aliphatic rings. The fraction of sp³-hybridized carbons (Fsp3) is 0.409. The summed E-state index contributed by atoms with van der Waals surface area (Å²) in [6.45, 7) is 8.32. The predicted molar refractivity (Wildman–Crippen MR) is 130 cm³/mol. The van der Waals surface area contributed by atoms with E-state index in [2.05, 4.69) is 51.7 Å². The number of rotatable bonds is 8. The van der Waals surface area contributed by atoms with Gasteiger partial charge in [0, 0.05) is 25.3 Å². The Labute approximate surface area is 190 Å². The molecule has 2 N–H and O–H groups in total. The average molecular weight is 510 g/mol. The maximum Gasteiger partial charge on any atom is 0.191 e. The maximum absolute atomic E-state index is 5.71. The minimum atomic E-state index is 0. The summed E-state index contributed by atoms with van der Waals surface area (Å²) >= 11 is 0. The number of morpholine rings is 1. The molecule has 0 atom stereocenters. The molecule has 29 heavy (non-hydrogen) atoms. The van der Waals surface area contributed by atoms with Crippen LogP contribution < -0.4 is 20.3 Å². The van der Waals surface area contributed by atoms with Crippen LogP contribution in [-0.4, -0.2) is 52.0 Å². The number of aliphatic imine (C=N–C) groups is 1. The lowest BCUT2D eigenvalue weighted by Gasteiger charge is -2.28. The summed E-state index contributed by atoms with van der Waals surface area (Å²) in [6, 6.07) is 18.5. The zero-order valence-corrected chi connectivity index (χ0v) is 19.3. The molecule has 7 heteroatoms. The topological polar surface area (TPSA) is 58.1 Å². The number of halogens is 1. The highest BCUT2D eigenvalue weighted by atomic mass is 127. The highest BCUT2D eigenvalue weighted by Gasteiger charge is 2.10. The third-order valence-electron chi connectivity index (χ3n) is 4.48. The number of nitrogens with zero attached hydrogens (tertiary/aromatic N) is 2. The lowest BCUT2D eigenvalue weighted by Crippen LogP contribution is -2.39. The number of hydrogen-bond donors (Lipinski definition) is 2. The number of guanidine groups is 1. The van der Waals surface area contributed by atoms with Crippen molar-refractivity contribution in [3.8, 4) is 5.75 Å². The maximum atomic E-state index is 5.71. The van der Waals surface area contributed by atoms with Crippen LogP contribution in [0.3, 0.4) is 0 Å². The van der Waals surface area contributed by atoms with Gasteiger partial charge < -0.3 is 25.0 Å². The summed E-state index contributed by atoms with van der Waals surface area (Å²) in [4.78, 5) is 7.03. The van der Waals surface area contributed by atoms with E-state index in [-0.39, 0.29) is 24.0 Å². The van der Waals surface area contributed by atoms with Crippen molar-refractivity contribution in [2.75, 3.05) is 50.9 Å². The Bertz CT molecular complexity index is 719. The zero-order chi connectivity index (χ0) is 19.4. The summed E-state index contributed by atoms with van der Waals surface area (Å²) in [5.74, 6) is 1.68. The van der Waals surface area contributed by atoms with Gasteiger partial charge in [-0.3, -0.25) is 0 Å². The molecular weight excluding hydrogens is 479 g/mol. The van der Waals surface area contributed by atoms with Crippen molar-refractivity contribution in [1.82, 2.24) is 10.6 Å². The summed E-state index contributed by atoms with van der Waals surface area (Å²) in [7, 11) is 0. The van der Waals surface area contributed by atoms with Gasteiger partial charge in [-0.25, -0.2) is 4.99 Å². The largest absolute Gasteiger partial charge is 0.492 e. The molecule has 2 aromatic carbocycles. The van der Waals surface area contributed by atoms with Gasteiger partial charge in [0.25, 0.3) is 0 Å². The van der Waals surface area contributed by atoms with E-state index in [4.69, 9.17) is 9.47 Å². The SMILES string of the molecule is CCNC(=NCc1ccc(N2CCOCC2)cc1)NCCOc1ccccc1.I. The quantitative estimate of drug-likeness (QED) is 0.247. The highest BCUT2D eigenvalue weighted by molar-refractivity contribution is 14.0. The van der Waals surface area contributed by atoms with Crippen LogP contribution in [0.4, 0.5) is 5.69 Å². The van der Waals surface area contributed by atoms with Crippen LogP contribution in [0.5, 0.6) is 5.75 Å². The van der Waals surface area contributed by atoms with Gasteiger partial charge in [-0.05, 0) is 36.8 Å². The normalized spacial score (nSPS) is 14.1. The molecule has 2 aromatic rings. The Kier molecular flexibility index (Phi) is 10.6. The third kappa shape index (κ3) is 8.10. The standard InChI is InChI=1S/C22H30N4O2.HI/c1-2-23-22(24-12-15-28-21-6-4-3-5-7-21)25-18-19-8-10-20(11-9-19)26-13-16-27-17-14-26;/h3-11H,2,12-18H2,1H3,(H2,23,24,25);1H. The van der Waals surface area contributed by atoms with E-state index in [9.17, 15) is 0 Å². The van der Waals surface area contributed by atoms with E-state index in [1.54, 1.807) is 0 Å². The van der Waals surface area contributed by atoms with Crippen LogP contribution >= 0.6 is 24.0 Å². The summed E-state index contributed by atoms with van der Waals surface area (Å²) in [5.41, 5.74) is 2.44. The molecule has 0 unspecified atom stereocenters. The van der Waals surface area contributed by atoms with E-state index in [0.29, 0.717) is 19.7 Å². The minimum Gasteiger partial charge on any atom is -0.492 e. The Morgan fingerprint density at radius 3 is 2.45 bits per heavy atom. The minimum absolute atomic E-state index is 0. The molecule has 1 fully saturated rings. The fourth-order valence-corrected chi connectivity index (χ4v) is 3.00. The first-order valence-corrected chi connectivity index (χ1v) is 9.97. The smallest absolute Gasteiger partial charge is 0.191 e. The van der Waals surface area contributed by atoms with E-state index >= 15 is 0 Å². The second kappa shape index (κ2) is 13.3. The van der Waals surface area contributed by atoms with Gasteiger partial charge in [0.05, 0.1) is 26.3 Å². The average Bonchev–Trinajstić information content (AvgIpc) is 2.76. The lowest BCUT2D eigenvalue weighted by atomic mass is 10.2. The number of ether oxygens (including phenoxy) is 2. The van der Waals surface area contributed by atoms with Crippen molar-refractivity contribution in [2.45, 2.75) is 13.5 Å². The Hall–Kier alpha value is -2.00. The van der Waals surface area contributed by atoms with Crippen molar-refractivity contribution < 1.29 is 9.47 Å². The van der Waals surface area contributed by atoms with E-state index in [0.717, 1.165) is 44.6 Å². The van der Waals surface area contributed by atoms with E-state index < -0.39 is 0 Å². The molecule has 158 valence electrons. The molecule has 0 aromatic heterocycles. The Balaban J connectivity index is 0.00000300. The molecule has 0 saturated carbocycles. The molecule has 6 nitrogen and oxygen atoms in total. The van der Waals surface area contributed by atoms with Gasteiger partial charge in [0.15, 0.2) is 5.96 Å². The summed E-state index contributed by atoms with van der Waals surface area (Å²) in [6.07, 6.45) is 0. The fourth-order valence-electron chi connectivity index (χ4n) is 3.00. The number of anilines is 1. The lowest BCUT2D eigenvalue weighted by molar-refractivity contribution is 0.122. The first kappa shape index (κ1) is 23.3. The number of para-hydroxylation sites is 1. The second-order valence-corrected chi connectivity index (χ2v) is 6.55. The van der Waals surface area contributed by atoms with Crippen LogP contribution in [0.25, 0.3) is 0 Å². The summed E-state index contributed by atoms with van der Waals surface area (Å²) in [5, 5.41) is 6.59. The van der Waals surface area contributed by atoms with Crippen LogP contribution in [-0.2, 0) is 11.3 Å².